The Kier molecular flexibility index (Phi) is 6.85. The molecule has 1 atom stereocenters. The van der Waals surface area contributed by atoms with E-state index in [4.69, 9.17) is 27.6 Å². The number of aromatic nitrogens is 2. The highest BCUT2D eigenvalue weighted by Gasteiger charge is 2.47. The number of aliphatic hydroxyl groups is 1. The van der Waals surface area contributed by atoms with Crippen molar-refractivity contribution in [1.29, 1.82) is 0 Å². The molecule has 1 unspecified atom stereocenters. The Labute approximate surface area is 222 Å². The second kappa shape index (κ2) is 10.1. The highest BCUT2D eigenvalue weighted by Crippen LogP contribution is 2.46. The number of furan rings is 1. The zero-order valence-electron chi connectivity index (χ0n) is 18.0. The molecule has 1 aliphatic heterocycles. The Morgan fingerprint density at radius 1 is 1.17 bits per heavy atom. The van der Waals surface area contributed by atoms with E-state index in [9.17, 15) is 19.1 Å². The highest BCUT2D eigenvalue weighted by molar-refractivity contribution is 8.00. The number of rotatable bonds is 7. The number of hydrogen-bond acceptors (Lipinski definition) is 8. The number of amides is 1. The molecule has 2 aromatic carbocycles. The van der Waals surface area contributed by atoms with Crippen molar-refractivity contribution in [3.05, 3.63) is 105 Å². The topological polar surface area (TPSA) is 96.5 Å². The fraction of sp³-hybridized carbons (Fsp3) is 0.0833. The molecular weight excluding hydrogens is 548 g/mol. The number of carbonyl (C=O) groups excluding carboxylic acids is 2. The van der Waals surface area contributed by atoms with Gasteiger partial charge in [0.1, 0.15) is 5.82 Å². The second-order valence-electron chi connectivity index (χ2n) is 7.58. The van der Waals surface area contributed by atoms with Gasteiger partial charge in [-0.3, -0.25) is 14.5 Å². The summed E-state index contributed by atoms with van der Waals surface area (Å²) in [5.41, 5.74) is 1.05. The predicted molar refractivity (Wildman–Crippen MR) is 135 cm³/mol. The third-order valence-corrected chi connectivity index (χ3v) is 8.02. The van der Waals surface area contributed by atoms with E-state index in [1.54, 1.807) is 24.3 Å². The number of anilines is 1. The van der Waals surface area contributed by atoms with E-state index in [2.05, 4.69) is 10.2 Å². The smallest absolute Gasteiger partial charge is 0.296 e. The molecule has 12 heteroatoms. The normalized spacial score (nSPS) is 15.7. The summed E-state index contributed by atoms with van der Waals surface area (Å²) in [5, 5.41) is 19.8. The summed E-state index contributed by atoms with van der Waals surface area (Å²) in [6.45, 7) is 0. The largest absolute Gasteiger partial charge is 0.503 e. The number of carbonyl (C=O) groups is 2. The fourth-order valence-corrected chi connectivity index (χ4v) is 6.01. The molecule has 7 nitrogen and oxygen atoms in total. The van der Waals surface area contributed by atoms with Crippen LogP contribution in [0.15, 0.2) is 80.9 Å². The first-order valence-corrected chi connectivity index (χ1v) is 12.9. The van der Waals surface area contributed by atoms with E-state index in [1.165, 1.54) is 53.3 Å². The number of halogens is 3. The predicted octanol–water partition coefficient (Wildman–Crippen LogP) is 6.65. The number of benzene rings is 2. The summed E-state index contributed by atoms with van der Waals surface area (Å²) in [6.07, 6.45) is 1.32. The van der Waals surface area contributed by atoms with Crippen molar-refractivity contribution in [2.24, 2.45) is 0 Å². The van der Waals surface area contributed by atoms with Crippen LogP contribution in [0.5, 0.6) is 0 Å². The second-order valence-corrected chi connectivity index (χ2v) is 10.6. The molecule has 182 valence electrons. The Hall–Kier alpha value is -3.18. The lowest BCUT2D eigenvalue weighted by Crippen LogP contribution is -2.31. The van der Waals surface area contributed by atoms with E-state index >= 15 is 0 Å². The van der Waals surface area contributed by atoms with Crippen LogP contribution in [0.25, 0.3) is 0 Å². The molecule has 4 aromatic rings. The molecule has 1 amide bonds. The number of nitrogens with zero attached hydrogens (tertiary/aromatic N) is 3. The van der Waals surface area contributed by atoms with Crippen LogP contribution in [0.3, 0.4) is 0 Å². The first-order chi connectivity index (χ1) is 17.3. The fourth-order valence-electron chi connectivity index (χ4n) is 3.68. The van der Waals surface area contributed by atoms with E-state index in [0.29, 0.717) is 20.7 Å². The van der Waals surface area contributed by atoms with Crippen molar-refractivity contribution in [3.63, 3.8) is 0 Å². The van der Waals surface area contributed by atoms with Crippen molar-refractivity contribution < 1.29 is 23.5 Å². The molecule has 0 aliphatic carbocycles. The number of Topliss-reactive ketones (excluding diaryl/α,β-unsaturated/α-hetero) is 1. The van der Waals surface area contributed by atoms with Gasteiger partial charge >= 0.3 is 0 Å². The van der Waals surface area contributed by atoms with Crippen LogP contribution in [0, 0.1) is 5.82 Å². The van der Waals surface area contributed by atoms with Gasteiger partial charge in [-0.1, -0.05) is 64.5 Å². The quantitative estimate of drug-likeness (QED) is 0.153. The Balaban J connectivity index is 1.51. The van der Waals surface area contributed by atoms with Crippen LogP contribution < -0.4 is 4.90 Å². The molecule has 0 saturated carbocycles. The van der Waals surface area contributed by atoms with Crippen molar-refractivity contribution in [3.8, 4) is 0 Å². The summed E-state index contributed by atoms with van der Waals surface area (Å²) >= 11 is 15.0. The van der Waals surface area contributed by atoms with Crippen molar-refractivity contribution in [2.75, 3.05) is 4.90 Å². The molecule has 5 rings (SSSR count). The lowest BCUT2D eigenvalue weighted by Gasteiger charge is -2.24. The van der Waals surface area contributed by atoms with Gasteiger partial charge in [-0.05, 0) is 47.5 Å². The van der Waals surface area contributed by atoms with Gasteiger partial charge in [0.05, 0.1) is 17.9 Å². The van der Waals surface area contributed by atoms with Gasteiger partial charge in [0.15, 0.2) is 15.9 Å². The third kappa shape index (κ3) is 4.64. The number of aliphatic hydroxyl groups excluding tert-OH is 1. The van der Waals surface area contributed by atoms with Crippen LogP contribution in [0.4, 0.5) is 9.52 Å². The summed E-state index contributed by atoms with van der Waals surface area (Å²) in [7, 11) is 0. The monoisotopic (exact) mass is 561 g/mol. The van der Waals surface area contributed by atoms with Crippen molar-refractivity contribution in [1.82, 2.24) is 10.2 Å². The molecule has 1 N–H and O–H groups in total. The maximum atomic E-state index is 13.3. The zero-order valence-corrected chi connectivity index (χ0v) is 21.2. The molecule has 36 heavy (non-hydrogen) atoms. The van der Waals surface area contributed by atoms with Gasteiger partial charge in [0.25, 0.3) is 5.91 Å². The van der Waals surface area contributed by atoms with Crippen molar-refractivity contribution >= 4 is 63.1 Å². The first-order valence-electron chi connectivity index (χ1n) is 10.3. The number of thioether (sulfide) groups is 1. The molecule has 0 radical (unpaired) electrons. The van der Waals surface area contributed by atoms with Gasteiger partial charge in [-0.25, -0.2) is 4.39 Å². The lowest BCUT2D eigenvalue weighted by molar-refractivity contribution is -0.117. The van der Waals surface area contributed by atoms with Gasteiger partial charge < -0.3 is 9.52 Å². The Morgan fingerprint density at radius 3 is 2.64 bits per heavy atom. The van der Waals surface area contributed by atoms with E-state index < -0.39 is 23.5 Å². The molecule has 0 bridgehead atoms. The molecule has 2 aromatic heterocycles. The standard InChI is InChI=1S/C24H14Cl2FN3O4S2/c25-13-5-8-15(16(26)10-13)19-18(20(31)17-2-1-9-34-17)21(32)22(33)30(19)23-28-29-24(36-23)35-11-12-3-6-14(27)7-4-12/h1-10,19,32H,11H2. The summed E-state index contributed by atoms with van der Waals surface area (Å²) in [6, 6.07) is 12.6. The molecule has 3 heterocycles. The third-order valence-electron chi connectivity index (χ3n) is 5.33. The van der Waals surface area contributed by atoms with Gasteiger partial charge in [0.2, 0.25) is 10.9 Å². The van der Waals surface area contributed by atoms with Crippen LogP contribution in [0.2, 0.25) is 10.0 Å². The minimum absolute atomic E-state index is 0.0471. The SMILES string of the molecule is O=C(C1=C(O)C(=O)N(c2nnc(SCc3ccc(F)cc3)s2)C1c1ccc(Cl)cc1Cl)c1ccco1. The maximum Gasteiger partial charge on any atom is 0.296 e. The number of hydrogen-bond donors (Lipinski definition) is 1. The molecule has 1 aliphatic rings. The maximum absolute atomic E-state index is 13.3. The minimum atomic E-state index is -1.09. The average Bonchev–Trinajstić information content (AvgIpc) is 3.60. The average molecular weight is 562 g/mol. The van der Waals surface area contributed by atoms with E-state index in [1.807, 2.05) is 0 Å². The Morgan fingerprint density at radius 2 is 1.94 bits per heavy atom. The van der Waals surface area contributed by atoms with Crippen LogP contribution >= 0.6 is 46.3 Å². The molecular formula is C24H14Cl2FN3O4S2. The Bertz CT molecular complexity index is 1490. The van der Waals surface area contributed by atoms with Gasteiger partial charge in [0, 0.05) is 15.8 Å². The lowest BCUT2D eigenvalue weighted by atomic mass is 9.95. The molecule has 0 fully saturated rings. The van der Waals surface area contributed by atoms with Gasteiger partial charge in [-0.15, -0.1) is 10.2 Å². The zero-order chi connectivity index (χ0) is 25.4. The summed E-state index contributed by atoms with van der Waals surface area (Å²) in [4.78, 5) is 27.7. The van der Waals surface area contributed by atoms with Crippen LogP contribution in [0.1, 0.15) is 27.7 Å². The van der Waals surface area contributed by atoms with Crippen LogP contribution in [-0.4, -0.2) is 27.0 Å². The highest BCUT2D eigenvalue weighted by atomic mass is 35.5. The van der Waals surface area contributed by atoms with Crippen LogP contribution in [-0.2, 0) is 10.5 Å². The van der Waals surface area contributed by atoms with E-state index in [-0.39, 0.29) is 27.3 Å². The van der Waals surface area contributed by atoms with Gasteiger partial charge in [-0.2, -0.15) is 0 Å². The molecule has 0 saturated heterocycles. The molecule has 0 spiro atoms. The summed E-state index contributed by atoms with van der Waals surface area (Å²) < 4.78 is 18.9. The first kappa shape index (κ1) is 24.5. The van der Waals surface area contributed by atoms with E-state index in [0.717, 1.165) is 16.9 Å². The minimum Gasteiger partial charge on any atom is -0.503 e. The van der Waals surface area contributed by atoms with Crippen molar-refractivity contribution in [2.45, 2.75) is 16.1 Å². The summed E-state index contributed by atoms with van der Waals surface area (Å²) in [5.74, 6) is -2.10. The number of ketones is 1.